The number of carbonyl (C=O) groups excluding carboxylic acids is 3. The van der Waals surface area contributed by atoms with E-state index in [0.717, 1.165) is 44.5 Å². The Morgan fingerprint density at radius 1 is 0.871 bits per heavy atom. The number of unbranched alkanes of at least 4 members (excludes halogenated alkanes) is 1. The van der Waals surface area contributed by atoms with Crippen LogP contribution in [0.1, 0.15) is 53.3 Å². The molecule has 1 heterocycles. The first-order valence-corrected chi connectivity index (χ1v) is 10.9. The van der Waals surface area contributed by atoms with E-state index >= 15 is 0 Å². The molecular formula is C24H30N4O3. The van der Waals surface area contributed by atoms with Gasteiger partial charge in [-0.05, 0) is 67.8 Å². The lowest BCUT2D eigenvalue weighted by molar-refractivity contribution is -0.114. The average molecular weight is 423 g/mol. The van der Waals surface area contributed by atoms with Gasteiger partial charge in [0.25, 0.3) is 11.8 Å². The van der Waals surface area contributed by atoms with Gasteiger partial charge < -0.3 is 20.9 Å². The minimum absolute atomic E-state index is 0.0412. The fourth-order valence-corrected chi connectivity index (χ4v) is 3.41. The predicted octanol–water partition coefficient (Wildman–Crippen LogP) is 3.50. The van der Waals surface area contributed by atoms with E-state index in [-0.39, 0.29) is 24.3 Å². The van der Waals surface area contributed by atoms with Crippen molar-refractivity contribution in [3.63, 3.8) is 0 Å². The number of hydrogen-bond acceptors (Lipinski definition) is 4. The summed E-state index contributed by atoms with van der Waals surface area (Å²) in [6, 6.07) is 14.0. The van der Waals surface area contributed by atoms with Gasteiger partial charge in [0.15, 0.2) is 0 Å². The van der Waals surface area contributed by atoms with Crippen molar-refractivity contribution in [1.82, 2.24) is 10.2 Å². The summed E-state index contributed by atoms with van der Waals surface area (Å²) in [7, 11) is 0. The third-order valence-corrected chi connectivity index (χ3v) is 5.22. The number of likely N-dealkylation sites (tertiary alicyclic amines) is 1. The van der Waals surface area contributed by atoms with Crippen molar-refractivity contribution in [2.24, 2.45) is 0 Å². The minimum Gasteiger partial charge on any atom is -0.376 e. The Balaban J connectivity index is 1.44. The molecule has 0 unspecified atom stereocenters. The molecule has 1 aliphatic heterocycles. The largest absolute Gasteiger partial charge is 0.376 e. The summed E-state index contributed by atoms with van der Waals surface area (Å²) in [5.41, 5.74) is 2.63. The summed E-state index contributed by atoms with van der Waals surface area (Å²) in [4.78, 5) is 38.5. The van der Waals surface area contributed by atoms with Gasteiger partial charge in [0.2, 0.25) is 5.91 Å². The van der Waals surface area contributed by atoms with E-state index < -0.39 is 0 Å². The van der Waals surface area contributed by atoms with Crippen molar-refractivity contribution in [1.29, 1.82) is 0 Å². The van der Waals surface area contributed by atoms with Crippen LogP contribution in [0.4, 0.5) is 11.4 Å². The molecule has 0 aromatic heterocycles. The van der Waals surface area contributed by atoms with Crippen LogP contribution in [-0.4, -0.2) is 48.8 Å². The molecule has 0 bridgehead atoms. The number of hydrogen-bond donors (Lipinski definition) is 3. The van der Waals surface area contributed by atoms with E-state index in [1.165, 1.54) is 0 Å². The molecule has 3 amide bonds. The molecule has 2 aromatic rings. The fraction of sp³-hybridized carbons (Fsp3) is 0.375. The Hall–Kier alpha value is -3.35. The molecule has 0 spiro atoms. The highest BCUT2D eigenvalue weighted by Gasteiger charge is 2.19. The molecule has 7 nitrogen and oxygen atoms in total. The smallest absolute Gasteiger partial charge is 0.253 e. The molecular weight excluding hydrogens is 392 g/mol. The monoisotopic (exact) mass is 422 g/mol. The molecule has 1 aliphatic rings. The zero-order chi connectivity index (χ0) is 22.1. The van der Waals surface area contributed by atoms with Crippen molar-refractivity contribution in [3.8, 4) is 0 Å². The maximum Gasteiger partial charge on any atom is 0.253 e. The molecule has 0 saturated carbocycles. The maximum atomic E-state index is 12.4. The van der Waals surface area contributed by atoms with Gasteiger partial charge in [0.05, 0.1) is 6.54 Å². The van der Waals surface area contributed by atoms with E-state index in [0.29, 0.717) is 23.4 Å². The first-order chi connectivity index (χ1) is 15.1. The van der Waals surface area contributed by atoms with Gasteiger partial charge in [-0.15, -0.1) is 0 Å². The lowest BCUT2D eigenvalue weighted by Gasteiger charge is -2.15. The molecule has 7 heteroatoms. The molecule has 0 atom stereocenters. The van der Waals surface area contributed by atoms with Crippen molar-refractivity contribution < 1.29 is 14.4 Å². The highest BCUT2D eigenvalue weighted by molar-refractivity contribution is 5.97. The Labute approximate surface area is 183 Å². The van der Waals surface area contributed by atoms with Crippen molar-refractivity contribution in [2.75, 3.05) is 36.8 Å². The van der Waals surface area contributed by atoms with Gasteiger partial charge >= 0.3 is 0 Å². The van der Waals surface area contributed by atoms with Crippen LogP contribution in [0, 0.1) is 0 Å². The number of carbonyl (C=O) groups is 3. The number of nitrogens with one attached hydrogen (secondary N) is 3. The summed E-state index contributed by atoms with van der Waals surface area (Å²) in [5.74, 6) is -0.246. The fourth-order valence-electron chi connectivity index (χ4n) is 3.41. The van der Waals surface area contributed by atoms with Gasteiger partial charge in [0.1, 0.15) is 0 Å². The number of nitrogens with zero attached hydrogens (tertiary/aromatic N) is 1. The second-order valence-corrected chi connectivity index (χ2v) is 7.67. The summed E-state index contributed by atoms with van der Waals surface area (Å²) in [5, 5.41) is 8.74. The SMILES string of the molecule is CCCCNC(=O)c1ccc(NCC(=O)Nc2ccc(C(=O)N3CCCC3)cc2)cc1. The maximum absolute atomic E-state index is 12.4. The van der Waals surface area contributed by atoms with Crippen LogP contribution >= 0.6 is 0 Å². The van der Waals surface area contributed by atoms with Gasteiger partial charge in [0, 0.05) is 42.1 Å². The first-order valence-electron chi connectivity index (χ1n) is 10.9. The molecule has 3 rings (SSSR count). The molecule has 0 radical (unpaired) electrons. The minimum atomic E-state index is -0.194. The molecule has 164 valence electrons. The van der Waals surface area contributed by atoms with E-state index in [1.807, 2.05) is 4.90 Å². The van der Waals surface area contributed by atoms with E-state index in [2.05, 4.69) is 22.9 Å². The molecule has 2 aromatic carbocycles. The normalized spacial score (nSPS) is 13.0. The first kappa shape index (κ1) is 22.3. The van der Waals surface area contributed by atoms with Crippen LogP contribution in [-0.2, 0) is 4.79 Å². The number of anilines is 2. The van der Waals surface area contributed by atoms with Crippen LogP contribution in [0.5, 0.6) is 0 Å². The van der Waals surface area contributed by atoms with E-state index in [9.17, 15) is 14.4 Å². The summed E-state index contributed by atoms with van der Waals surface area (Å²) >= 11 is 0. The Morgan fingerprint density at radius 3 is 2.13 bits per heavy atom. The van der Waals surface area contributed by atoms with Gasteiger partial charge in [-0.3, -0.25) is 14.4 Å². The Kier molecular flexibility index (Phi) is 8.04. The standard InChI is InChI=1S/C24H30N4O3/c1-2-3-14-25-23(30)18-6-10-20(11-7-18)26-17-22(29)27-21-12-8-19(9-13-21)24(31)28-15-4-5-16-28/h6-13,26H,2-5,14-17H2,1H3,(H,25,30)(H,27,29). The lowest BCUT2D eigenvalue weighted by atomic mass is 10.2. The van der Waals surface area contributed by atoms with Crippen LogP contribution in [0.15, 0.2) is 48.5 Å². The second-order valence-electron chi connectivity index (χ2n) is 7.67. The summed E-state index contributed by atoms with van der Waals surface area (Å²) in [6.45, 7) is 4.47. The zero-order valence-corrected chi connectivity index (χ0v) is 17.9. The average Bonchev–Trinajstić information content (AvgIpc) is 3.33. The van der Waals surface area contributed by atoms with Crippen LogP contribution < -0.4 is 16.0 Å². The lowest BCUT2D eigenvalue weighted by Crippen LogP contribution is -2.27. The molecule has 0 aliphatic carbocycles. The predicted molar refractivity (Wildman–Crippen MR) is 122 cm³/mol. The molecule has 3 N–H and O–H groups in total. The second kappa shape index (κ2) is 11.2. The van der Waals surface area contributed by atoms with Gasteiger partial charge in [-0.25, -0.2) is 0 Å². The van der Waals surface area contributed by atoms with Gasteiger partial charge in [-0.2, -0.15) is 0 Å². The van der Waals surface area contributed by atoms with E-state index in [1.54, 1.807) is 48.5 Å². The third-order valence-electron chi connectivity index (χ3n) is 5.22. The number of benzene rings is 2. The zero-order valence-electron chi connectivity index (χ0n) is 17.9. The molecule has 1 fully saturated rings. The third kappa shape index (κ3) is 6.57. The highest BCUT2D eigenvalue weighted by Crippen LogP contribution is 2.15. The highest BCUT2D eigenvalue weighted by atomic mass is 16.2. The van der Waals surface area contributed by atoms with Crippen LogP contribution in [0.2, 0.25) is 0 Å². The molecule has 31 heavy (non-hydrogen) atoms. The van der Waals surface area contributed by atoms with Crippen molar-refractivity contribution in [3.05, 3.63) is 59.7 Å². The topological polar surface area (TPSA) is 90.5 Å². The summed E-state index contributed by atoms with van der Waals surface area (Å²) < 4.78 is 0. The van der Waals surface area contributed by atoms with Crippen molar-refractivity contribution >= 4 is 29.1 Å². The Bertz CT molecular complexity index is 888. The quantitative estimate of drug-likeness (QED) is 0.540. The Morgan fingerprint density at radius 2 is 1.48 bits per heavy atom. The molecule has 1 saturated heterocycles. The summed E-state index contributed by atoms with van der Waals surface area (Å²) in [6.07, 6.45) is 4.10. The number of rotatable bonds is 9. The van der Waals surface area contributed by atoms with Crippen LogP contribution in [0.3, 0.4) is 0 Å². The van der Waals surface area contributed by atoms with E-state index in [4.69, 9.17) is 0 Å². The van der Waals surface area contributed by atoms with Gasteiger partial charge in [-0.1, -0.05) is 13.3 Å². The van der Waals surface area contributed by atoms with Crippen LogP contribution in [0.25, 0.3) is 0 Å². The number of amides is 3. The van der Waals surface area contributed by atoms with Crippen molar-refractivity contribution in [2.45, 2.75) is 32.6 Å².